The molecular weight excluding hydrogens is 461 g/mol. The van der Waals surface area contributed by atoms with Crippen LogP contribution >= 0.6 is 23.2 Å². The normalized spacial score (nSPS) is 11.1. The van der Waals surface area contributed by atoms with E-state index in [4.69, 9.17) is 32.7 Å². The van der Waals surface area contributed by atoms with E-state index in [1.807, 2.05) is 0 Å². The third kappa shape index (κ3) is 5.31. The number of hydrogen-bond acceptors (Lipinski definition) is 5. The van der Waals surface area contributed by atoms with Gasteiger partial charge in [-0.1, -0.05) is 23.2 Å². The van der Waals surface area contributed by atoms with Crippen LogP contribution in [-0.4, -0.2) is 28.0 Å². The highest BCUT2D eigenvalue weighted by Gasteiger charge is 2.31. The minimum atomic E-state index is -4.23. The number of benzene rings is 3. The van der Waals surface area contributed by atoms with Crippen molar-refractivity contribution < 1.29 is 22.7 Å². The molecule has 0 bridgehead atoms. The molecule has 0 aliphatic heterocycles. The van der Waals surface area contributed by atoms with Crippen molar-refractivity contribution in [2.24, 2.45) is 0 Å². The maximum Gasteiger partial charge on any atom is 0.278 e. The number of hydrogen-bond donors (Lipinski definition) is 0. The van der Waals surface area contributed by atoms with E-state index in [9.17, 15) is 13.2 Å². The smallest absolute Gasteiger partial charge is 0.278 e. The molecule has 6 nitrogen and oxygen atoms in total. The van der Waals surface area contributed by atoms with Gasteiger partial charge in [-0.15, -0.1) is 0 Å². The Hall–Kier alpha value is -2.74. The molecule has 162 valence electrons. The van der Waals surface area contributed by atoms with Crippen LogP contribution in [0.3, 0.4) is 0 Å². The summed E-state index contributed by atoms with van der Waals surface area (Å²) < 4.78 is 38.0. The van der Waals surface area contributed by atoms with Gasteiger partial charge in [-0.05, 0) is 79.2 Å². The SMILES string of the molecule is COc1ccc(N(C(=O)COc2ccc(Cl)c(C)c2)S(=O)(=O)c2ccc(Cl)cc2)cc1. The zero-order valence-electron chi connectivity index (χ0n) is 16.7. The van der Waals surface area contributed by atoms with Crippen LogP contribution < -0.4 is 13.8 Å². The van der Waals surface area contributed by atoms with Crippen LogP contribution in [0.15, 0.2) is 71.6 Å². The number of halogens is 2. The fraction of sp³-hybridized carbons (Fsp3) is 0.136. The van der Waals surface area contributed by atoms with Crippen LogP contribution in [-0.2, 0) is 14.8 Å². The number of ether oxygens (including phenoxy) is 2. The fourth-order valence-electron chi connectivity index (χ4n) is 2.76. The van der Waals surface area contributed by atoms with Crippen LogP contribution in [0.5, 0.6) is 11.5 Å². The lowest BCUT2D eigenvalue weighted by molar-refractivity contribution is -0.119. The molecule has 0 aliphatic rings. The molecule has 0 atom stereocenters. The second-order valence-electron chi connectivity index (χ2n) is 6.51. The summed E-state index contributed by atoms with van der Waals surface area (Å²) in [5.74, 6) is 0.148. The summed E-state index contributed by atoms with van der Waals surface area (Å²) in [6.07, 6.45) is 0. The molecule has 0 N–H and O–H groups in total. The maximum absolute atomic E-state index is 13.3. The number of nitrogens with zero attached hydrogens (tertiary/aromatic N) is 1. The Labute approximate surface area is 191 Å². The monoisotopic (exact) mass is 479 g/mol. The molecule has 0 radical (unpaired) electrons. The number of aryl methyl sites for hydroxylation is 1. The highest BCUT2D eigenvalue weighted by atomic mass is 35.5. The van der Waals surface area contributed by atoms with Gasteiger partial charge in [-0.25, -0.2) is 8.42 Å². The van der Waals surface area contributed by atoms with E-state index in [1.165, 1.54) is 43.5 Å². The van der Waals surface area contributed by atoms with Gasteiger partial charge < -0.3 is 9.47 Å². The number of methoxy groups -OCH3 is 1. The van der Waals surface area contributed by atoms with Gasteiger partial charge in [0.05, 0.1) is 17.7 Å². The highest BCUT2D eigenvalue weighted by molar-refractivity contribution is 7.93. The van der Waals surface area contributed by atoms with Gasteiger partial charge in [0.1, 0.15) is 11.5 Å². The predicted molar refractivity (Wildman–Crippen MR) is 121 cm³/mol. The molecule has 0 heterocycles. The summed E-state index contributed by atoms with van der Waals surface area (Å²) in [6.45, 7) is 1.30. The molecule has 0 aliphatic carbocycles. The van der Waals surface area contributed by atoms with Crippen molar-refractivity contribution in [3.8, 4) is 11.5 Å². The molecular formula is C22H19Cl2NO5S. The number of anilines is 1. The zero-order valence-corrected chi connectivity index (χ0v) is 19.0. The average Bonchev–Trinajstić information content (AvgIpc) is 2.75. The molecule has 0 spiro atoms. The van der Waals surface area contributed by atoms with Gasteiger partial charge in [0.2, 0.25) is 0 Å². The molecule has 3 aromatic carbocycles. The van der Waals surface area contributed by atoms with Crippen LogP contribution in [0.1, 0.15) is 5.56 Å². The molecule has 0 saturated carbocycles. The lowest BCUT2D eigenvalue weighted by atomic mass is 10.2. The molecule has 0 saturated heterocycles. The highest BCUT2D eigenvalue weighted by Crippen LogP contribution is 2.27. The van der Waals surface area contributed by atoms with Gasteiger partial charge >= 0.3 is 0 Å². The Bertz CT molecular complexity index is 1180. The standard InChI is InChI=1S/C22H19Cl2NO5S/c1-15-13-19(9-12-21(15)24)30-14-22(26)25(17-5-7-18(29-2)8-6-17)31(27,28)20-10-3-16(23)4-11-20/h3-13H,14H2,1-2H3. The Balaban J connectivity index is 1.95. The minimum Gasteiger partial charge on any atom is -0.497 e. The van der Waals surface area contributed by atoms with Crippen LogP contribution in [0.25, 0.3) is 0 Å². The molecule has 31 heavy (non-hydrogen) atoms. The first-order valence-corrected chi connectivity index (χ1v) is 11.3. The molecule has 3 aromatic rings. The average molecular weight is 480 g/mol. The van der Waals surface area contributed by atoms with Crippen molar-refractivity contribution in [3.05, 3.63) is 82.3 Å². The summed E-state index contributed by atoms with van der Waals surface area (Å²) >= 11 is 11.9. The van der Waals surface area contributed by atoms with E-state index in [2.05, 4.69) is 0 Å². The van der Waals surface area contributed by atoms with Gasteiger partial charge in [0.15, 0.2) is 6.61 Å². The predicted octanol–water partition coefficient (Wildman–Crippen LogP) is 5.11. The van der Waals surface area contributed by atoms with E-state index in [0.29, 0.717) is 25.8 Å². The van der Waals surface area contributed by atoms with Crippen molar-refractivity contribution in [1.29, 1.82) is 0 Å². The van der Waals surface area contributed by atoms with Crippen LogP contribution in [0.2, 0.25) is 10.0 Å². The molecule has 1 amide bonds. The lowest BCUT2D eigenvalue weighted by Gasteiger charge is -2.23. The zero-order chi connectivity index (χ0) is 22.6. The van der Waals surface area contributed by atoms with Crippen LogP contribution in [0, 0.1) is 6.92 Å². The Morgan fingerprint density at radius 3 is 2.13 bits per heavy atom. The number of rotatable bonds is 7. The van der Waals surface area contributed by atoms with Gasteiger partial charge in [-0.2, -0.15) is 4.31 Å². The third-order valence-electron chi connectivity index (χ3n) is 4.38. The number of carbonyl (C=O) groups is 1. The Morgan fingerprint density at radius 2 is 1.55 bits per heavy atom. The lowest BCUT2D eigenvalue weighted by Crippen LogP contribution is -2.40. The Morgan fingerprint density at radius 1 is 0.935 bits per heavy atom. The summed E-state index contributed by atoms with van der Waals surface area (Å²) in [5.41, 5.74) is 0.920. The van der Waals surface area contributed by atoms with E-state index in [0.717, 1.165) is 5.56 Å². The first kappa shape index (κ1) is 22.9. The molecule has 0 aromatic heterocycles. The molecule has 0 unspecified atom stereocenters. The van der Waals surface area contributed by atoms with Crippen molar-refractivity contribution in [2.45, 2.75) is 11.8 Å². The first-order valence-electron chi connectivity index (χ1n) is 9.09. The van der Waals surface area contributed by atoms with E-state index < -0.39 is 22.5 Å². The summed E-state index contributed by atoms with van der Waals surface area (Å²) in [7, 11) is -2.74. The first-order chi connectivity index (χ1) is 14.7. The fourth-order valence-corrected chi connectivity index (χ4v) is 4.41. The Kier molecular flexibility index (Phi) is 7.10. The molecule has 9 heteroatoms. The summed E-state index contributed by atoms with van der Waals surface area (Å²) in [6, 6.07) is 16.6. The van der Waals surface area contributed by atoms with Crippen molar-refractivity contribution in [2.75, 3.05) is 18.0 Å². The second kappa shape index (κ2) is 9.60. The maximum atomic E-state index is 13.3. The van der Waals surface area contributed by atoms with Crippen molar-refractivity contribution in [1.82, 2.24) is 0 Å². The molecule has 0 fully saturated rings. The summed E-state index contributed by atoms with van der Waals surface area (Å²) in [5, 5.41) is 0.937. The van der Waals surface area contributed by atoms with E-state index in [-0.39, 0.29) is 10.6 Å². The van der Waals surface area contributed by atoms with E-state index in [1.54, 1.807) is 37.3 Å². The quantitative estimate of drug-likeness (QED) is 0.470. The van der Waals surface area contributed by atoms with Crippen molar-refractivity contribution in [3.63, 3.8) is 0 Å². The number of amides is 1. The number of carbonyl (C=O) groups excluding carboxylic acids is 1. The second-order valence-corrected chi connectivity index (χ2v) is 9.15. The van der Waals surface area contributed by atoms with Crippen molar-refractivity contribution >= 4 is 44.8 Å². The minimum absolute atomic E-state index is 0.0802. The molecule has 3 rings (SSSR count). The van der Waals surface area contributed by atoms with Crippen LogP contribution in [0.4, 0.5) is 5.69 Å². The largest absolute Gasteiger partial charge is 0.497 e. The van der Waals surface area contributed by atoms with Gasteiger partial charge in [-0.3, -0.25) is 4.79 Å². The number of sulfonamides is 1. The van der Waals surface area contributed by atoms with Gasteiger partial charge in [0.25, 0.3) is 15.9 Å². The van der Waals surface area contributed by atoms with Gasteiger partial charge in [0, 0.05) is 10.0 Å². The third-order valence-corrected chi connectivity index (χ3v) is 6.82. The summed E-state index contributed by atoms with van der Waals surface area (Å²) in [4.78, 5) is 13.0. The topological polar surface area (TPSA) is 72.9 Å². The van der Waals surface area contributed by atoms with E-state index >= 15 is 0 Å².